The quantitative estimate of drug-likeness (QED) is 0.846. The smallest absolute Gasteiger partial charge is 0.0681 e. The van der Waals surface area contributed by atoms with Crippen molar-refractivity contribution in [3.8, 4) is 0 Å². The first kappa shape index (κ1) is 15.7. The zero-order valence-electron chi connectivity index (χ0n) is 13.2. The number of nitrogens with one attached hydrogen (secondary N) is 1. The van der Waals surface area contributed by atoms with Crippen molar-refractivity contribution in [3.05, 3.63) is 70.8 Å². The van der Waals surface area contributed by atoms with E-state index in [0.29, 0.717) is 0 Å². The molecule has 0 aliphatic heterocycles. The Balaban J connectivity index is 2.01. The molecule has 0 heterocycles. The number of rotatable bonds is 6. The Morgan fingerprint density at radius 2 is 1.38 bits per heavy atom. The highest BCUT2D eigenvalue weighted by atomic mass is 16.3. The number of aliphatic hydroxyl groups excluding tert-OH is 1. The Morgan fingerprint density at radius 1 is 0.857 bits per heavy atom. The fraction of sp³-hybridized carbons (Fsp3) is 0.368. The second-order valence-electron chi connectivity index (χ2n) is 6.00. The summed E-state index contributed by atoms with van der Waals surface area (Å²) in [7, 11) is 0. The standard InChI is InChI=1S/C19H25NO/c1-4-15-9-11-18(12-10-15)19(2,3)20-13-16-5-7-17(14-21)8-6-16/h5-12,20-21H,4,13-14H2,1-3H3. The van der Waals surface area contributed by atoms with Gasteiger partial charge in [-0.1, -0.05) is 55.5 Å². The lowest BCUT2D eigenvalue weighted by Gasteiger charge is -2.27. The van der Waals surface area contributed by atoms with Crippen LogP contribution < -0.4 is 5.32 Å². The second kappa shape index (κ2) is 6.88. The molecular weight excluding hydrogens is 258 g/mol. The van der Waals surface area contributed by atoms with E-state index in [-0.39, 0.29) is 12.1 Å². The van der Waals surface area contributed by atoms with E-state index in [4.69, 9.17) is 5.11 Å². The van der Waals surface area contributed by atoms with Crippen molar-refractivity contribution in [2.24, 2.45) is 0 Å². The maximum atomic E-state index is 9.06. The summed E-state index contributed by atoms with van der Waals surface area (Å²) in [6, 6.07) is 16.9. The average Bonchev–Trinajstić information content (AvgIpc) is 2.53. The summed E-state index contributed by atoms with van der Waals surface area (Å²) in [5.41, 5.74) is 4.78. The molecule has 0 aliphatic rings. The van der Waals surface area contributed by atoms with Gasteiger partial charge in [0.05, 0.1) is 6.61 Å². The van der Waals surface area contributed by atoms with Crippen molar-refractivity contribution in [3.63, 3.8) is 0 Å². The number of aliphatic hydroxyl groups is 1. The molecule has 2 heteroatoms. The van der Waals surface area contributed by atoms with Gasteiger partial charge in [0, 0.05) is 12.1 Å². The van der Waals surface area contributed by atoms with Gasteiger partial charge in [-0.25, -0.2) is 0 Å². The summed E-state index contributed by atoms with van der Waals surface area (Å²) in [5, 5.41) is 12.7. The lowest BCUT2D eigenvalue weighted by molar-refractivity contribution is 0.282. The van der Waals surface area contributed by atoms with E-state index in [1.165, 1.54) is 16.7 Å². The molecule has 0 saturated carbocycles. The first-order valence-electron chi connectivity index (χ1n) is 7.58. The minimum Gasteiger partial charge on any atom is -0.392 e. The molecule has 0 aromatic heterocycles. The van der Waals surface area contributed by atoms with Crippen LogP contribution in [0.1, 0.15) is 43.0 Å². The third kappa shape index (κ3) is 4.16. The van der Waals surface area contributed by atoms with Crippen LogP contribution in [0.2, 0.25) is 0 Å². The zero-order chi connectivity index (χ0) is 15.3. The van der Waals surface area contributed by atoms with E-state index in [2.05, 4.69) is 62.5 Å². The van der Waals surface area contributed by atoms with Crippen LogP contribution in [0.3, 0.4) is 0 Å². The van der Waals surface area contributed by atoms with Crippen LogP contribution in [0.4, 0.5) is 0 Å². The normalized spacial score (nSPS) is 11.6. The molecule has 21 heavy (non-hydrogen) atoms. The van der Waals surface area contributed by atoms with Crippen LogP contribution in [-0.4, -0.2) is 5.11 Å². The van der Waals surface area contributed by atoms with Crippen molar-refractivity contribution >= 4 is 0 Å². The third-order valence-corrected chi connectivity index (χ3v) is 4.02. The van der Waals surface area contributed by atoms with Gasteiger partial charge in [0.15, 0.2) is 0 Å². The molecule has 2 aromatic carbocycles. The summed E-state index contributed by atoms with van der Waals surface area (Å²) in [6.45, 7) is 7.50. The van der Waals surface area contributed by atoms with Gasteiger partial charge in [-0.2, -0.15) is 0 Å². The summed E-state index contributed by atoms with van der Waals surface area (Å²) in [5.74, 6) is 0. The molecule has 0 saturated heterocycles. The monoisotopic (exact) mass is 283 g/mol. The predicted octanol–water partition coefficient (Wildman–Crippen LogP) is 3.77. The highest BCUT2D eigenvalue weighted by molar-refractivity contribution is 5.28. The van der Waals surface area contributed by atoms with Gasteiger partial charge in [-0.05, 0) is 42.5 Å². The van der Waals surface area contributed by atoms with Crippen LogP contribution in [0, 0.1) is 0 Å². The Bertz CT molecular complexity index is 555. The van der Waals surface area contributed by atoms with Gasteiger partial charge < -0.3 is 10.4 Å². The predicted molar refractivity (Wildman–Crippen MR) is 88.1 cm³/mol. The maximum Gasteiger partial charge on any atom is 0.0681 e. The minimum absolute atomic E-state index is 0.0675. The first-order chi connectivity index (χ1) is 10.0. The van der Waals surface area contributed by atoms with E-state index >= 15 is 0 Å². The summed E-state index contributed by atoms with van der Waals surface area (Å²) in [4.78, 5) is 0. The lowest BCUT2D eigenvalue weighted by atomic mass is 9.93. The molecule has 0 amide bonds. The van der Waals surface area contributed by atoms with Gasteiger partial charge in [0.25, 0.3) is 0 Å². The summed E-state index contributed by atoms with van der Waals surface area (Å²) >= 11 is 0. The third-order valence-electron chi connectivity index (χ3n) is 4.02. The van der Waals surface area contributed by atoms with Crippen LogP contribution >= 0.6 is 0 Å². The molecule has 0 radical (unpaired) electrons. The Morgan fingerprint density at radius 3 is 1.90 bits per heavy atom. The van der Waals surface area contributed by atoms with Crippen molar-refractivity contribution < 1.29 is 5.11 Å². The fourth-order valence-corrected chi connectivity index (χ4v) is 2.34. The van der Waals surface area contributed by atoms with E-state index in [1.807, 2.05) is 12.1 Å². The number of aryl methyl sites for hydroxylation is 1. The van der Waals surface area contributed by atoms with Crippen LogP contribution in [-0.2, 0) is 25.1 Å². The highest BCUT2D eigenvalue weighted by Crippen LogP contribution is 2.21. The largest absolute Gasteiger partial charge is 0.392 e. The van der Waals surface area contributed by atoms with Gasteiger partial charge in [0.2, 0.25) is 0 Å². The molecular formula is C19H25NO. The second-order valence-corrected chi connectivity index (χ2v) is 6.00. The lowest BCUT2D eigenvalue weighted by Crippen LogP contribution is -2.35. The van der Waals surface area contributed by atoms with E-state index < -0.39 is 0 Å². The van der Waals surface area contributed by atoms with Gasteiger partial charge in [0.1, 0.15) is 0 Å². The zero-order valence-corrected chi connectivity index (χ0v) is 13.2. The van der Waals surface area contributed by atoms with Gasteiger partial charge in [-0.15, -0.1) is 0 Å². The van der Waals surface area contributed by atoms with Crippen LogP contribution in [0.25, 0.3) is 0 Å². The average molecular weight is 283 g/mol. The number of hydrogen-bond acceptors (Lipinski definition) is 2. The molecule has 2 nitrogen and oxygen atoms in total. The molecule has 2 rings (SSSR count). The highest BCUT2D eigenvalue weighted by Gasteiger charge is 2.19. The van der Waals surface area contributed by atoms with Crippen molar-refractivity contribution in [2.45, 2.75) is 45.9 Å². The minimum atomic E-state index is -0.0675. The molecule has 2 N–H and O–H groups in total. The number of benzene rings is 2. The number of hydrogen-bond donors (Lipinski definition) is 2. The topological polar surface area (TPSA) is 32.3 Å². The molecule has 2 aromatic rings. The van der Waals surface area contributed by atoms with Crippen molar-refractivity contribution in [1.29, 1.82) is 0 Å². The molecule has 0 bridgehead atoms. The Kier molecular flexibility index (Phi) is 5.16. The molecule has 0 atom stereocenters. The Hall–Kier alpha value is -1.64. The summed E-state index contributed by atoms with van der Waals surface area (Å²) < 4.78 is 0. The fourth-order valence-electron chi connectivity index (χ4n) is 2.34. The SMILES string of the molecule is CCc1ccc(C(C)(C)NCc2ccc(CO)cc2)cc1. The molecule has 0 spiro atoms. The maximum absolute atomic E-state index is 9.06. The first-order valence-corrected chi connectivity index (χ1v) is 7.58. The van der Waals surface area contributed by atoms with E-state index in [0.717, 1.165) is 18.5 Å². The molecule has 0 unspecified atom stereocenters. The van der Waals surface area contributed by atoms with Crippen LogP contribution in [0.5, 0.6) is 0 Å². The molecule has 0 aliphatic carbocycles. The van der Waals surface area contributed by atoms with Crippen LogP contribution in [0.15, 0.2) is 48.5 Å². The summed E-state index contributed by atoms with van der Waals surface area (Å²) in [6.07, 6.45) is 1.07. The van der Waals surface area contributed by atoms with E-state index in [1.54, 1.807) is 0 Å². The van der Waals surface area contributed by atoms with Crippen molar-refractivity contribution in [1.82, 2.24) is 5.32 Å². The van der Waals surface area contributed by atoms with Gasteiger partial charge >= 0.3 is 0 Å². The molecule has 0 fully saturated rings. The van der Waals surface area contributed by atoms with E-state index in [9.17, 15) is 0 Å². The molecule has 112 valence electrons. The van der Waals surface area contributed by atoms with Gasteiger partial charge in [-0.3, -0.25) is 0 Å². The van der Waals surface area contributed by atoms with Crippen molar-refractivity contribution in [2.75, 3.05) is 0 Å². The Labute approximate surface area is 127 Å².